The molecule has 0 atom stereocenters. The summed E-state index contributed by atoms with van der Waals surface area (Å²) in [6.07, 6.45) is 6.17. The van der Waals surface area contributed by atoms with Crippen molar-refractivity contribution >= 4 is 11.6 Å². The SMILES string of the molecule is Clc1ccc(-c2cnn(CCCc3ccccc3)c2)cc1. The van der Waals surface area contributed by atoms with Crippen molar-refractivity contribution in [3.63, 3.8) is 0 Å². The first-order valence-corrected chi connectivity index (χ1v) is 7.51. The zero-order valence-corrected chi connectivity index (χ0v) is 12.5. The minimum absolute atomic E-state index is 0.758. The Labute approximate surface area is 130 Å². The summed E-state index contributed by atoms with van der Waals surface area (Å²) in [4.78, 5) is 0. The minimum atomic E-state index is 0.758. The number of aryl methyl sites for hydroxylation is 2. The number of benzene rings is 2. The van der Waals surface area contributed by atoms with Crippen molar-refractivity contribution in [2.75, 3.05) is 0 Å². The molecule has 2 aromatic carbocycles. The molecule has 0 spiro atoms. The van der Waals surface area contributed by atoms with Gasteiger partial charge in [0.05, 0.1) is 6.20 Å². The fourth-order valence-corrected chi connectivity index (χ4v) is 2.49. The first kappa shape index (κ1) is 13.9. The van der Waals surface area contributed by atoms with E-state index in [1.165, 1.54) is 5.56 Å². The normalized spacial score (nSPS) is 10.7. The van der Waals surface area contributed by atoms with Gasteiger partial charge in [0.1, 0.15) is 0 Å². The van der Waals surface area contributed by atoms with Crippen LogP contribution in [0.2, 0.25) is 5.02 Å². The highest BCUT2D eigenvalue weighted by Crippen LogP contribution is 2.20. The summed E-state index contributed by atoms with van der Waals surface area (Å²) in [7, 11) is 0. The molecule has 106 valence electrons. The summed E-state index contributed by atoms with van der Waals surface area (Å²) in [5, 5.41) is 5.19. The van der Waals surface area contributed by atoms with E-state index in [1.807, 2.05) is 35.1 Å². The van der Waals surface area contributed by atoms with Crippen molar-refractivity contribution in [2.45, 2.75) is 19.4 Å². The smallest absolute Gasteiger partial charge is 0.0568 e. The molecule has 3 rings (SSSR count). The zero-order valence-electron chi connectivity index (χ0n) is 11.7. The highest BCUT2D eigenvalue weighted by molar-refractivity contribution is 6.30. The van der Waals surface area contributed by atoms with Crippen molar-refractivity contribution < 1.29 is 0 Å². The number of aromatic nitrogens is 2. The van der Waals surface area contributed by atoms with Crippen LogP contribution in [0.1, 0.15) is 12.0 Å². The molecule has 2 nitrogen and oxygen atoms in total. The lowest BCUT2D eigenvalue weighted by molar-refractivity contribution is 0.579. The zero-order chi connectivity index (χ0) is 14.5. The second kappa shape index (κ2) is 6.59. The molecule has 0 radical (unpaired) electrons. The largest absolute Gasteiger partial charge is 0.272 e. The minimum Gasteiger partial charge on any atom is -0.272 e. The average Bonchev–Trinajstić information content (AvgIpc) is 2.98. The third-order valence-electron chi connectivity index (χ3n) is 3.51. The molecule has 0 bridgehead atoms. The van der Waals surface area contributed by atoms with Crippen LogP contribution in [0.3, 0.4) is 0 Å². The van der Waals surface area contributed by atoms with E-state index in [4.69, 9.17) is 11.6 Å². The van der Waals surface area contributed by atoms with Crippen LogP contribution in [0.5, 0.6) is 0 Å². The van der Waals surface area contributed by atoms with Crippen LogP contribution in [-0.4, -0.2) is 9.78 Å². The monoisotopic (exact) mass is 296 g/mol. The topological polar surface area (TPSA) is 17.8 Å². The van der Waals surface area contributed by atoms with Gasteiger partial charge in [-0.2, -0.15) is 5.10 Å². The van der Waals surface area contributed by atoms with Gasteiger partial charge in [0.15, 0.2) is 0 Å². The predicted molar refractivity (Wildman–Crippen MR) is 87.4 cm³/mol. The molecule has 0 amide bonds. The van der Waals surface area contributed by atoms with Crippen molar-refractivity contribution in [1.82, 2.24) is 9.78 Å². The number of nitrogens with zero attached hydrogens (tertiary/aromatic N) is 2. The second-order valence-electron chi connectivity index (χ2n) is 5.09. The lowest BCUT2D eigenvalue weighted by atomic mass is 10.1. The van der Waals surface area contributed by atoms with Crippen molar-refractivity contribution in [2.24, 2.45) is 0 Å². The predicted octanol–water partition coefficient (Wildman–Crippen LogP) is 4.84. The number of halogens is 1. The lowest BCUT2D eigenvalue weighted by Crippen LogP contribution is -1.99. The standard InChI is InChI=1S/C18H17ClN2/c19-18-10-8-16(9-11-18)17-13-20-21(14-17)12-4-7-15-5-2-1-3-6-15/h1-3,5-6,8-11,13-14H,4,7,12H2. The van der Waals surface area contributed by atoms with Gasteiger partial charge in [0.25, 0.3) is 0 Å². The average molecular weight is 297 g/mol. The number of hydrogen-bond donors (Lipinski definition) is 0. The Kier molecular flexibility index (Phi) is 4.37. The Balaban J connectivity index is 1.59. The molecule has 0 N–H and O–H groups in total. The first-order chi connectivity index (χ1) is 10.3. The van der Waals surface area contributed by atoms with Crippen LogP contribution in [0.4, 0.5) is 0 Å². The fraction of sp³-hybridized carbons (Fsp3) is 0.167. The van der Waals surface area contributed by atoms with E-state index in [2.05, 4.69) is 41.6 Å². The highest BCUT2D eigenvalue weighted by atomic mass is 35.5. The Morgan fingerprint density at radius 3 is 2.43 bits per heavy atom. The lowest BCUT2D eigenvalue weighted by Gasteiger charge is -2.02. The summed E-state index contributed by atoms with van der Waals surface area (Å²) < 4.78 is 2.01. The molecular formula is C18H17ClN2. The second-order valence-corrected chi connectivity index (χ2v) is 5.52. The maximum absolute atomic E-state index is 5.91. The Morgan fingerprint density at radius 1 is 0.905 bits per heavy atom. The van der Waals surface area contributed by atoms with Gasteiger partial charge in [-0.15, -0.1) is 0 Å². The molecule has 0 saturated heterocycles. The molecule has 0 aliphatic carbocycles. The van der Waals surface area contributed by atoms with E-state index in [0.29, 0.717) is 0 Å². The molecule has 0 fully saturated rings. The van der Waals surface area contributed by atoms with Crippen LogP contribution in [-0.2, 0) is 13.0 Å². The summed E-state index contributed by atoms with van der Waals surface area (Å²) >= 11 is 5.91. The van der Waals surface area contributed by atoms with Crippen LogP contribution in [0.15, 0.2) is 67.0 Å². The summed E-state index contributed by atoms with van der Waals surface area (Å²) in [5.74, 6) is 0. The Hall–Kier alpha value is -2.06. The molecule has 21 heavy (non-hydrogen) atoms. The van der Waals surface area contributed by atoms with Gasteiger partial charge in [-0.3, -0.25) is 4.68 Å². The van der Waals surface area contributed by atoms with E-state index in [1.54, 1.807) is 0 Å². The third-order valence-corrected chi connectivity index (χ3v) is 3.76. The van der Waals surface area contributed by atoms with E-state index in [9.17, 15) is 0 Å². The van der Waals surface area contributed by atoms with Crippen molar-refractivity contribution in [3.8, 4) is 11.1 Å². The Bertz CT molecular complexity index is 687. The van der Waals surface area contributed by atoms with Gasteiger partial charge in [-0.25, -0.2) is 0 Å². The summed E-state index contributed by atoms with van der Waals surface area (Å²) in [6.45, 7) is 0.933. The maximum Gasteiger partial charge on any atom is 0.0568 e. The fourth-order valence-electron chi connectivity index (χ4n) is 2.37. The molecular weight excluding hydrogens is 280 g/mol. The molecule has 0 saturated carbocycles. The highest BCUT2D eigenvalue weighted by Gasteiger charge is 2.02. The van der Waals surface area contributed by atoms with E-state index >= 15 is 0 Å². The molecule has 1 heterocycles. The van der Waals surface area contributed by atoms with E-state index in [0.717, 1.165) is 35.5 Å². The van der Waals surface area contributed by atoms with Crippen LogP contribution in [0, 0.1) is 0 Å². The van der Waals surface area contributed by atoms with Crippen molar-refractivity contribution in [3.05, 3.63) is 77.6 Å². The number of rotatable bonds is 5. The molecule has 0 aliphatic rings. The van der Waals surface area contributed by atoms with Gasteiger partial charge in [0.2, 0.25) is 0 Å². The third kappa shape index (κ3) is 3.73. The van der Waals surface area contributed by atoms with Crippen molar-refractivity contribution in [1.29, 1.82) is 0 Å². The van der Waals surface area contributed by atoms with Crippen LogP contribution in [0.25, 0.3) is 11.1 Å². The molecule has 1 aromatic heterocycles. The maximum atomic E-state index is 5.91. The van der Waals surface area contributed by atoms with Crippen LogP contribution >= 0.6 is 11.6 Å². The summed E-state index contributed by atoms with van der Waals surface area (Å²) in [6, 6.07) is 18.4. The van der Waals surface area contributed by atoms with Gasteiger partial charge >= 0.3 is 0 Å². The quantitative estimate of drug-likeness (QED) is 0.659. The number of hydrogen-bond acceptors (Lipinski definition) is 1. The van der Waals surface area contributed by atoms with Gasteiger partial charge < -0.3 is 0 Å². The first-order valence-electron chi connectivity index (χ1n) is 7.13. The van der Waals surface area contributed by atoms with Gasteiger partial charge in [-0.1, -0.05) is 54.1 Å². The molecule has 3 heteroatoms. The molecule has 3 aromatic rings. The van der Waals surface area contributed by atoms with Gasteiger partial charge in [0, 0.05) is 23.3 Å². The summed E-state index contributed by atoms with van der Waals surface area (Å²) in [5.41, 5.74) is 3.66. The molecule has 0 aliphatic heterocycles. The molecule has 0 unspecified atom stereocenters. The van der Waals surface area contributed by atoms with Gasteiger partial charge in [-0.05, 0) is 36.1 Å². The van der Waals surface area contributed by atoms with Crippen LogP contribution < -0.4 is 0 Å². The Morgan fingerprint density at radius 2 is 1.67 bits per heavy atom. The van der Waals surface area contributed by atoms with E-state index in [-0.39, 0.29) is 0 Å². The van der Waals surface area contributed by atoms with E-state index < -0.39 is 0 Å².